The van der Waals surface area contributed by atoms with Crippen molar-refractivity contribution in [3.05, 3.63) is 40.4 Å². The van der Waals surface area contributed by atoms with Gasteiger partial charge in [0.05, 0.1) is 24.8 Å². The van der Waals surface area contributed by atoms with Crippen LogP contribution in [0.1, 0.15) is 16.8 Å². The fourth-order valence-electron chi connectivity index (χ4n) is 2.51. The molecule has 0 bridgehead atoms. The van der Waals surface area contributed by atoms with E-state index < -0.39 is 0 Å². The molecular weight excluding hydrogens is 304 g/mol. The number of halogens is 1. The van der Waals surface area contributed by atoms with Crippen LogP contribution in [0, 0.1) is 6.92 Å². The number of alkyl halides is 1. The maximum atomic E-state index is 5.82. The Balaban J connectivity index is 1.75. The van der Waals surface area contributed by atoms with Gasteiger partial charge in [0.15, 0.2) is 0 Å². The van der Waals surface area contributed by atoms with Crippen molar-refractivity contribution in [3.8, 4) is 10.6 Å². The molecule has 3 rings (SSSR count). The summed E-state index contributed by atoms with van der Waals surface area (Å²) in [5.74, 6) is 0.477. The molecule has 0 amide bonds. The average molecular weight is 323 g/mol. The Labute approximate surface area is 134 Å². The highest BCUT2D eigenvalue weighted by atomic mass is 35.5. The number of hydrogen-bond acceptors (Lipinski definition) is 4. The van der Waals surface area contributed by atoms with Gasteiger partial charge in [0.1, 0.15) is 5.01 Å². The zero-order valence-corrected chi connectivity index (χ0v) is 13.7. The standard InChI is InChI=1S/C16H19ClN2OS/c1-12-8-13(16-18-15(9-17)11-21-16)2-3-14(12)10-19-4-6-20-7-5-19/h2-3,8,11H,4-7,9-10H2,1H3. The molecule has 0 N–H and O–H groups in total. The molecule has 2 aromatic rings. The van der Waals surface area contributed by atoms with Crippen LogP contribution in [0.5, 0.6) is 0 Å². The molecule has 1 aliphatic rings. The molecule has 1 saturated heterocycles. The minimum Gasteiger partial charge on any atom is -0.379 e. The Morgan fingerprint density at radius 3 is 2.81 bits per heavy atom. The lowest BCUT2D eigenvalue weighted by Crippen LogP contribution is -2.35. The number of benzene rings is 1. The van der Waals surface area contributed by atoms with E-state index in [2.05, 4.69) is 35.0 Å². The summed E-state index contributed by atoms with van der Waals surface area (Å²) in [6.07, 6.45) is 0. The summed E-state index contributed by atoms with van der Waals surface area (Å²) < 4.78 is 5.40. The Bertz CT molecular complexity index is 608. The lowest BCUT2D eigenvalue weighted by atomic mass is 10.0. The normalized spacial score (nSPS) is 16.3. The number of rotatable bonds is 4. The molecule has 5 heteroatoms. The maximum absolute atomic E-state index is 5.82. The summed E-state index contributed by atoms with van der Waals surface area (Å²) in [6.45, 7) is 6.91. The SMILES string of the molecule is Cc1cc(-c2nc(CCl)cs2)ccc1CN1CCOCC1. The smallest absolute Gasteiger partial charge is 0.123 e. The van der Waals surface area contributed by atoms with E-state index in [1.54, 1.807) is 11.3 Å². The molecule has 0 atom stereocenters. The van der Waals surface area contributed by atoms with E-state index in [0.29, 0.717) is 5.88 Å². The van der Waals surface area contributed by atoms with Gasteiger partial charge in [-0.1, -0.05) is 12.1 Å². The first-order valence-electron chi connectivity index (χ1n) is 7.16. The van der Waals surface area contributed by atoms with E-state index in [0.717, 1.165) is 43.5 Å². The van der Waals surface area contributed by atoms with E-state index in [-0.39, 0.29) is 0 Å². The number of morpholine rings is 1. The second-order valence-corrected chi connectivity index (χ2v) is 6.43. The third-order valence-corrected chi connectivity index (χ3v) is 4.99. The molecule has 1 aromatic heterocycles. The van der Waals surface area contributed by atoms with Crippen LogP contribution in [-0.4, -0.2) is 36.2 Å². The van der Waals surface area contributed by atoms with Gasteiger partial charge in [-0.3, -0.25) is 4.90 Å². The van der Waals surface area contributed by atoms with Crippen LogP contribution in [0.3, 0.4) is 0 Å². The largest absolute Gasteiger partial charge is 0.379 e. The number of hydrogen-bond donors (Lipinski definition) is 0. The third kappa shape index (κ3) is 3.64. The van der Waals surface area contributed by atoms with Gasteiger partial charge in [-0.15, -0.1) is 22.9 Å². The van der Waals surface area contributed by atoms with Gasteiger partial charge in [0.2, 0.25) is 0 Å². The van der Waals surface area contributed by atoms with E-state index in [4.69, 9.17) is 16.3 Å². The van der Waals surface area contributed by atoms with Gasteiger partial charge in [-0.2, -0.15) is 0 Å². The molecule has 0 radical (unpaired) electrons. The molecular formula is C16H19ClN2OS. The van der Waals surface area contributed by atoms with Crippen LogP contribution in [0.4, 0.5) is 0 Å². The Hall–Kier alpha value is -0.940. The first kappa shape index (κ1) is 15.0. The van der Waals surface area contributed by atoms with Crippen LogP contribution in [0.25, 0.3) is 10.6 Å². The predicted molar refractivity (Wildman–Crippen MR) is 87.9 cm³/mol. The summed E-state index contributed by atoms with van der Waals surface area (Å²) in [5, 5.41) is 3.07. The minimum atomic E-state index is 0.477. The molecule has 1 fully saturated rings. The third-order valence-electron chi connectivity index (χ3n) is 3.78. The van der Waals surface area contributed by atoms with Crippen LogP contribution in [0.15, 0.2) is 23.6 Å². The maximum Gasteiger partial charge on any atom is 0.123 e. The molecule has 21 heavy (non-hydrogen) atoms. The van der Waals surface area contributed by atoms with Crippen LogP contribution >= 0.6 is 22.9 Å². The van der Waals surface area contributed by atoms with E-state index in [1.807, 2.05) is 5.38 Å². The molecule has 0 spiro atoms. The van der Waals surface area contributed by atoms with Gasteiger partial charge >= 0.3 is 0 Å². The number of aryl methyl sites for hydroxylation is 1. The van der Waals surface area contributed by atoms with Crippen molar-refractivity contribution in [2.75, 3.05) is 26.3 Å². The highest BCUT2D eigenvalue weighted by Crippen LogP contribution is 2.26. The number of aromatic nitrogens is 1. The predicted octanol–water partition coefficient (Wildman–Crippen LogP) is 3.69. The molecule has 112 valence electrons. The van der Waals surface area contributed by atoms with Crippen LogP contribution in [-0.2, 0) is 17.2 Å². The van der Waals surface area contributed by atoms with Crippen LogP contribution in [0.2, 0.25) is 0 Å². The average Bonchev–Trinajstić information content (AvgIpc) is 2.99. The van der Waals surface area contributed by atoms with Crippen molar-refractivity contribution in [3.63, 3.8) is 0 Å². The first-order valence-corrected chi connectivity index (χ1v) is 8.58. The van der Waals surface area contributed by atoms with Crippen molar-refractivity contribution in [2.45, 2.75) is 19.3 Å². The van der Waals surface area contributed by atoms with Gasteiger partial charge < -0.3 is 4.74 Å². The number of nitrogens with zero attached hydrogens (tertiary/aromatic N) is 2. The van der Waals surface area contributed by atoms with E-state index in [1.165, 1.54) is 16.7 Å². The second kappa shape index (κ2) is 6.88. The zero-order valence-electron chi connectivity index (χ0n) is 12.1. The minimum absolute atomic E-state index is 0.477. The first-order chi connectivity index (χ1) is 10.3. The molecule has 1 aliphatic heterocycles. The summed E-state index contributed by atoms with van der Waals surface area (Å²) in [7, 11) is 0. The second-order valence-electron chi connectivity index (χ2n) is 5.31. The zero-order chi connectivity index (χ0) is 14.7. The van der Waals surface area contributed by atoms with Crippen molar-refractivity contribution < 1.29 is 4.74 Å². The quantitative estimate of drug-likeness (QED) is 0.803. The molecule has 0 saturated carbocycles. The van der Waals surface area contributed by atoms with Crippen molar-refractivity contribution in [2.24, 2.45) is 0 Å². The van der Waals surface area contributed by atoms with Crippen molar-refractivity contribution in [1.82, 2.24) is 9.88 Å². The van der Waals surface area contributed by atoms with Gasteiger partial charge in [0.25, 0.3) is 0 Å². The summed E-state index contributed by atoms with van der Waals surface area (Å²) >= 11 is 7.48. The Kier molecular flexibility index (Phi) is 4.91. The van der Waals surface area contributed by atoms with Crippen molar-refractivity contribution >= 4 is 22.9 Å². The summed E-state index contributed by atoms with van der Waals surface area (Å²) in [4.78, 5) is 6.99. The molecule has 3 nitrogen and oxygen atoms in total. The lowest BCUT2D eigenvalue weighted by Gasteiger charge is -2.27. The van der Waals surface area contributed by atoms with Gasteiger partial charge in [0, 0.05) is 30.6 Å². The molecule has 0 unspecified atom stereocenters. The Morgan fingerprint density at radius 2 is 2.14 bits per heavy atom. The van der Waals surface area contributed by atoms with Crippen molar-refractivity contribution in [1.29, 1.82) is 0 Å². The summed E-state index contributed by atoms with van der Waals surface area (Å²) in [6, 6.07) is 6.62. The molecule has 2 heterocycles. The highest BCUT2D eigenvalue weighted by Gasteiger charge is 2.13. The number of ether oxygens (including phenoxy) is 1. The number of thiazole rings is 1. The fourth-order valence-corrected chi connectivity index (χ4v) is 3.55. The van der Waals surface area contributed by atoms with Crippen LogP contribution < -0.4 is 0 Å². The monoisotopic (exact) mass is 322 g/mol. The highest BCUT2D eigenvalue weighted by molar-refractivity contribution is 7.13. The lowest BCUT2D eigenvalue weighted by molar-refractivity contribution is 0.0341. The van der Waals surface area contributed by atoms with Gasteiger partial charge in [-0.25, -0.2) is 4.98 Å². The molecule has 0 aliphatic carbocycles. The van der Waals surface area contributed by atoms with Gasteiger partial charge in [-0.05, 0) is 24.1 Å². The molecule has 1 aromatic carbocycles. The fraction of sp³-hybridized carbons (Fsp3) is 0.438. The topological polar surface area (TPSA) is 25.4 Å². The summed E-state index contributed by atoms with van der Waals surface area (Å²) in [5.41, 5.74) is 4.84. The van der Waals surface area contributed by atoms with E-state index in [9.17, 15) is 0 Å². The van der Waals surface area contributed by atoms with E-state index >= 15 is 0 Å². The Morgan fingerprint density at radius 1 is 1.33 bits per heavy atom.